The van der Waals surface area contributed by atoms with Gasteiger partial charge in [0.25, 0.3) is 0 Å². The highest BCUT2D eigenvalue weighted by atomic mass is 14.3. The van der Waals surface area contributed by atoms with E-state index in [1.807, 2.05) is 0 Å². The lowest BCUT2D eigenvalue weighted by atomic mass is 9.88. The molecule has 0 saturated heterocycles. The Morgan fingerprint density at radius 1 is 0.905 bits per heavy atom. The van der Waals surface area contributed by atoms with Crippen LogP contribution in [0.25, 0.3) is 11.1 Å². The van der Waals surface area contributed by atoms with Gasteiger partial charge in [0, 0.05) is 5.92 Å². The quantitative estimate of drug-likeness (QED) is 0.658. The van der Waals surface area contributed by atoms with E-state index < -0.39 is 0 Å². The molecular formula is C21H20. The standard InChI is InChI=1S/C21H20/c1-14-7-9-17-18-10-8-15(2)12-20(18)21(19(17)11-14)13-16-5-3-4-6-16/h3-5,7-12,21H,6,13H2,1-2H3. The van der Waals surface area contributed by atoms with Crippen LogP contribution in [0.5, 0.6) is 0 Å². The average molecular weight is 272 g/mol. The Bertz CT molecular complexity index is 723. The zero-order valence-corrected chi connectivity index (χ0v) is 12.7. The number of hydrogen-bond donors (Lipinski definition) is 0. The van der Waals surface area contributed by atoms with Crippen molar-refractivity contribution >= 4 is 0 Å². The number of benzene rings is 2. The molecule has 0 spiro atoms. The molecule has 2 aliphatic rings. The highest BCUT2D eigenvalue weighted by molar-refractivity contribution is 5.79. The van der Waals surface area contributed by atoms with Crippen molar-refractivity contribution in [2.75, 3.05) is 0 Å². The van der Waals surface area contributed by atoms with Gasteiger partial charge in [0.2, 0.25) is 0 Å². The van der Waals surface area contributed by atoms with Crippen LogP contribution in [-0.4, -0.2) is 0 Å². The summed E-state index contributed by atoms with van der Waals surface area (Å²) in [6.07, 6.45) is 9.03. The summed E-state index contributed by atoms with van der Waals surface area (Å²) in [4.78, 5) is 0. The van der Waals surface area contributed by atoms with Crippen LogP contribution < -0.4 is 0 Å². The fraction of sp³-hybridized carbons (Fsp3) is 0.238. The summed E-state index contributed by atoms with van der Waals surface area (Å²) in [5, 5.41) is 0. The van der Waals surface area contributed by atoms with E-state index in [2.05, 4.69) is 68.5 Å². The zero-order valence-electron chi connectivity index (χ0n) is 12.7. The van der Waals surface area contributed by atoms with Crippen LogP contribution in [0.3, 0.4) is 0 Å². The molecule has 0 unspecified atom stereocenters. The van der Waals surface area contributed by atoms with Gasteiger partial charge in [-0.3, -0.25) is 0 Å². The predicted octanol–water partition coefficient (Wildman–Crippen LogP) is 5.69. The molecule has 0 aliphatic heterocycles. The Morgan fingerprint density at radius 3 is 2.05 bits per heavy atom. The second-order valence-corrected chi connectivity index (χ2v) is 6.40. The molecule has 0 fully saturated rings. The van der Waals surface area contributed by atoms with Gasteiger partial charge in [-0.25, -0.2) is 0 Å². The van der Waals surface area contributed by atoms with Crippen LogP contribution in [-0.2, 0) is 0 Å². The third-order valence-electron chi connectivity index (χ3n) is 4.77. The number of hydrogen-bond acceptors (Lipinski definition) is 0. The first-order valence-electron chi connectivity index (χ1n) is 7.78. The number of rotatable bonds is 2. The fourth-order valence-corrected chi connectivity index (χ4v) is 3.72. The summed E-state index contributed by atoms with van der Waals surface area (Å²) in [7, 11) is 0. The normalized spacial score (nSPS) is 16.0. The largest absolute Gasteiger partial charge is 0.0805 e. The highest BCUT2D eigenvalue weighted by Crippen LogP contribution is 2.48. The maximum atomic E-state index is 2.39. The molecule has 104 valence electrons. The molecule has 0 saturated carbocycles. The molecule has 2 aromatic rings. The third kappa shape index (κ3) is 2.06. The number of allylic oxidation sites excluding steroid dienone is 4. The summed E-state index contributed by atoms with van der Waals surface area (Å²) in [6.45, 7) is 4.39. The van der Waals surface area contributed by atoms with Crippen molar-refractivity contribution in [2.24, 2.45) is 0 Å². The fourth-order valence-electron chi connectivity index (χ4n) is 3.72. The monoisotopic (exact) mass is 272 g/mol. The molecule has 21 heavy (non-hydrogen) atoms. The number of fused-ring (bicyclic) bond motifs is 3. The molecule has 2 aliphatic carbocycles. The van der Waals surface area contributed by atoms with Gasteiger partial charge in [-0.05, 0) is 48.9 Å². The van der Waals surface area contributed by atoms with Crippen LogP contribution in [0, 0.1) is 13.8 Å². The molecule has 4 rings (SSSR count). The van der Waals surface area contributed by atoms with Crippen molar-refractivity contribution in [3.8, 4) is 11.1 Å². The lowest BCUT2D eigenvalue weighted by Crippen LogP contribution is -1.99. The lowest BCUT2D eigenvalue weighted by molar-refractivity contribution is 0.803. The minimum atomic E-state index is 0.529. The number of aryl methyl sites for hydroxylation is 2. The highest BCUT2D eigenvalue weighted by Gasteiger charge is 2.29. The summed E-state index contributed by atoms with van der Waals surface area (Å²) in [6, 6.07) is 13.9. The van der Waals surface area contributed by atoms with E-state index in [0.717, 1.165) is 12.8 Å². The second-order valence-electron chi connectivity index (χ2n) is 6.40. The minimum Gasteiger partial charge on any atom is -0.0805 e. The van der Waals surface area contributed by atoms with Gasteiger partial charge in [-0.2, -0.15) is 0 Å². The van der Waals surface area contributed by atoms with E-state index in [4.69, 9.17) is 0 Å². The smallest absolute Gasteiger partial charge is 0.0139 e. The van der Waals surface area contributed by atoms with Crippen molar-refractivity contribution < 1.29 is 0 Å². The Morgan fingerprint density at radius 2 is 1.52 bits per heavy atom. The molecule has 0 heteroatoms. The molecule has 0 amide bonds. The first kappa shape index (κ1) is 12.6. The van der Waals surface area contributed by atoms with Crippen molar-refractivity contribution in [2.45, 2.75) is 32.6 Å². The Hall–Kier alpha value is -2.08. The van der Waals surface area contributed by atoms with Gasteiger partial charge in [-0.15, -0.1) is 0 Å². The topological polar surface area (TPSA) is 0 Å². The molecule has 0 bridgehead atoms. The maximum absolute atomic E-state index is 2.39. The average Bonchev–Trinajstić information content (AvgIpc) is 3.07. The van der Waals surface area contributed by atoms with E-state index in [-0.39, 0.29) is 0 Å². The van der Waals surface area contributed by atoms with Gasteiger partial charge >= 0.3 is 0 Å². The summed E-state index contributed by atoms with van der Waals surface area (Å²) < 4.78 is 0. The SMILES string of the molecule is Cc1ccc2c(c1)C(CC1=CC=CC1)c1cc(C)ccc1-2. The molecule has 0 atom stereocenters. The molecule has 2 aromatic carbocycles. The van der Waals surface area contributed by atoms with Crippen molar-refractivity contribution in [1.29, 1.82) is 0 Å². The summed E-state index contributed by atoms with van der Waals surface area (Å²) in [5.74, 6) is 0.529. The zero-order chi connectivity index (χ0) is 14.4. The first-order valence-corrected chi connectivity index (χ1v) is 7.78. The van der Waals surface area contributed by atoms with E-state index in [1.165, 1.54) is 33.4 Å². The first-order chi connectivity index (χ1) is 10.2. The molecule has 0 N–H and O–H groups in total. The van der Waals surface area contributed by atoms with E-state index >= 15 is 0 Å². The molecule has 0 heterocycles. The van der Waals surface area contributed by atoms with Gasteiger partial charge in [-0.1, -0.05) is 71.3 Å². The van der Waals surface area contributed by atoms with Crippen molar-refractivity contribution in [1.82, 2.24) is 0 Å². The predicted molar refractivity (Wildman–Crippen MR) is 89.7 cm³/mol. The lowest BCUT2D eigenvalue weighted by Gasteiger charge is -2.15. The second kappa shape index (κ2) is 4.73. The van der Waals surface area contributed by atoms with E-state index in [0.29, 0.717) is 5.92 Å². The molecule has 0 nitrogen and oxygen atoms in total. The van der Waals surface area contributed by atoms with Crippen LogP contribution in [0.4, 0.5) is 0 Å². The van der Waals surface area contributed by atoms with Crippen LogP contribution in [0.2, 0.25) is 0 Å². The molecule has 0 aromatic heterocycles. The summed E-state index contributed by atoms with van der Waals surface area (Å²) in [5.41, 5.74) is 10.2. The van der Waals surface area contributed by atoms with Gasteiger partial charge in [0.05, 0.1) is 0 Å². The van der Waals surface area contributed by atoms with E-state index in [9.17, 15) is 0 Å². The molecular weight excluding hydrogens is 252 g/mol. The van der Waals surface area contributed by atoms with Crippen LogP contribution in [0.1, 0.15) is 41.0 Å². The Kier molecular flexibility index (Phi) is 2.85. The van der Waals surface area contributed by atoms with Crippen LogP contribution in [0.15, 0.2) is 60.2 Å². The maximum Gasteiger partial charge on any atom is 0.0139 e. The Balaban J connectivity index is 1.85. The van der Waals surface area contributed by atoms with Crippen molar-refractivity contribution in [3.63, 3.8) is 0 Å². The van der Waals surface area contributed by atoms with Gasteiger partial charge < -0.3 is 0 Å². The third-order valence-corrected chi connectivity index (χ3v) is 4.77. The Labute approximate surface area is 126 Å². The van der Waals surface area contributed by atoms with Gasteiger partial charge in [0.1, 0.15) is 0 Å². The van der Waals surface area contributed by atoms with Crippen molar-refractivity contribution in [3.05, 3.63) is 82.5 Å². The van der Waals surface area contributed by atoms with E-state index in [1.54, 1.807) is 5.57 Å². The van der Waals surface area contributed by atoms with Crippen LogP contribution >= 0.6 is 0 Å². The summed E-state index contributed by atoms with van der Waals surface area (Å²) >= 11 is 0. The van der Waals surface area contributed by atoms with Gasteiger partial charge in [0.15, 0.2) is 0 Å². The molecule has 0 radical (unpaired) electrons. The minimum absolute atomic E-state index is 0.529.